The fraction of sp³-hybridized carbons (Fsp3) is 0.500. The van der Waals surface area contributed by atoms with Gasteiger partial charge in [-0.05, 0) is 36.5 Å². The van der Waals surface area contributed by atoms with Gasteiger partial charge in [0.05, 0.1) is 6.61 Å². The number of hydrogen-bond donors (Lipinski definition) is 1. The molecule has 0 radical (unpaired) electrons. The van der Waals surface area contributed by atoms with Crippen LogP contribution in [0.3, 0.4) is 0 Å². The topological polar surface area (TPSA) is 35.2 Å². The second-order valence-corrected chi connectivity index (χ2v) is 4.74. The molecule has 0 bridgehead atoms. The summed E-state index contributed by atoms with van der Waals surface area (Å²) in [6.45, 7) is 0.789. The molecule has 2 aliphatic rings. The molecule has 0 aromatic heterocycles. The molecule has 1 aromatic carbocycles. The average molecular weight is 224 g/mol. The minimum atomic E-state index is 0.0933. The van der Waals surface area contributed by atoms with E-state index in [0.29, 0.717) is 0 Å². The van der Waals surface area contributed by atoms with E-state index in [2.05, 4.69) is 0 Å². The molecule has 0 spiro atoms. The standard InChI is InChI=1S/C12H14ClNO/c13-9-6-7-4-5-15-12(7)8-2-1-3-10(14)11(8)9/h6,10H,1-5,14H2/t10-/m1/s1. The lowest BCUT2D eigenvalue weighted by atomic mass is 9.86. The Morgan fingerprint density at radius 2 is 2.27 bits per heavy atom. The van der Waals surface area contributed by atoms with Crippen molar-refractivity contribution in [1.82, 2.24) is 0 Å². The largest absolute Gasteiger partial charge is 0.493 e. The third kappa shape index (κ3) is 1.35. The van der Waals surface area contributed by atoms with Gasteiger partial charge >= 0.3 is 0 Å². The van der Waals surface area contributed by atoms with E-state index >= 15 is 0 Å². The summed E-state index contributed by atoms with van der Waals surface area (Å²) >= 11 is 6.29. The van der Waals surface area contributed by atoms with Crippen LogP contribution in [0.2, 0.25) is 5.02 Å². The molecule has 1 heterocycles. The summed E-state index contributed by atoms with van der Waals surface area (Å²) in [6.07, 6.45) is 4.22. The Morgan fingerprint density at radius 1 is 1.40 bits per heavy atom. The molecule has 1 atom stereocenters. The lowest BCUT2D eigenvalue weighted by Gasteiger charge is -2.25. The number of fused-ring (bicyclic) bond motifs is 3. The van der Waals surface area contributed by atoms with E-state index in [9.17, 15) is 0 Å². The molecule has 0 saturated carbocycles. The van der Waals surface area contributed by atoms with Crippen LogP contribution in [0.5, 0.6) is 5.75 Å². The van der Waals surface area contributed by atoms with Crippen molar-refractivity contribution in [3.8, 4) is 5.75 Å². The molecular weight excluding hydrogens is 210 g/mol. The van der Waals surface area contributed by atoms with Crippen molar-refractivity contribution in [1.29, 1.82) is 0 Å². The Hall–Kier alpha value is -0.730. The predicted octanol–water partition coefficient (Wildman–Crippen LogP) is 2.61. The Labute approximate surface area is 94.4 Å². The molecule has 3 rings (SSSR count). The summed E-state index contributed by atoms with van der Waals surface area (Å²) < 4.78 is 5.69. The zero-order chi connectivity index (χ0) is 10.4. The molecule has 0 saturated heterocycles. The van der Waals surface area contributed by atoms with E-state index in [1.54, 1.807) is 0 Å². The van der Waals surface area contributed by atoms with E-state index in [1.165, 1.54) is 11.1 Å². The number of benzene rings is 1. The van der Waals surface area contributed by atoms with Gasteiger partial charge in [0.2, 0.25) is 0 Å². The van der Waals surface area contributed by atoms with Gasteiger partial charge in [0.15, 0.2) is 0 Å². The highest BCUT2D eigenvalue weighted by atomic mass is 35.5. The number of hydrogen-bond acceptors (Lipinski definition) is 2. The van der Waals surface area contributed by atoms with Gasteiger partial charge in [0.1, 0.15) is 5.75 Å². The van der Waals surface area contributed by atoms with Crippen LogP contribution in [0.1, 0.15) is 35.6 Å². The number of nitrogens with two attached hydrogens (primary N) is 1. The van der Waals surface area contributed by atoms with Gasteiger partial charge in [-0.1, -0.05) is 11.6 Å². The van der Waals surface area contributed by atoms with Gasteiger partial charge in [-0.2, -0.15) is 0 Å². The molecule has 0 unspecified atom stereocenters. The minimum absolute atomic E-state index is 0.0933. The molecule has 80 valence electrons. The maximum atomic E-state index is 6.29. The fourth-order valence-corrected chi connectivity index (χ4v) is 3.06. The van der Waals surface area contributed by atoms with Crippen molar-refractivity contribution in [3.63, 3.8) is 0 Å². The van der Waals surface area contributed by atoms with Crippen LogP contribution >= 0.6 is 11.6 Å². The average Bonchev–Trinajstić information content (AvgIpc) is 2.65. The molecule has 2 nitrogen and oxygen atoms in total. The predicted molar refractivity (Wildman–Crippen MR) is 60.5 cm³/mol. The highest BCUT2D eigenvalue weighted by Gasteiger charge is 2.27. The molecule has 0 amide bonds. The Bertz CT molecular complexity index is 417. The van der Waals surface area contributed by atoms with Crippen LogP contribution in [0.25, 0.3) is 0 Å². The second-order valence-electron chi connectivity index (χ2n) is 4.34. The summed E-state index contributed by atoms with van der Waals surface area (Å²) in [6, 6.07) is 2.13. The quantitative estimate of drug-likeness (QED) is 0.734. The molecule has 1 aromatic rings. The van der Waals surface area contributed by atoms with Crippen molar-refractivity contribution in [2.24, 2.45) is 5.73 Å². The van der Waals surface area contributed by atoms with Gasteiger partial charge in [-0.3, -0.25) is 0 Å². The van der Waals surface area contributed by atoms with Gasteiger partial charge in [-0.15, -0.1) is 0 Å². The number of halogens is 1. The van der Waals surface area contributed by atoms with E-state index in [1.807, 2.05) is 6.07 Å². The van der Waals surface area contributed by atoms with Crippen molar-refractivity contribution < 1.29 is 4.74 Å². The summed E-state index contributed by atoms with van der Waals surface area (Å²) in [5.41, 5.74) is 9.76. The first-order chi connectivity index (χ1) is 7.27. The zero-order valence-electron chi connectivity index (χ0n) is 8.55. The second kappa shape index (κ2) is 3.39. The fourth-order valence-electron chi connectivity index (χ4n) is 2.68. The summed E-state index contributed by atoms with van der Waals surface area (Å²) in [5.74, 6) is 1.07. The lowest BCUT2D eigenvalue weighted by Crippen LogP contribution is -2.18. The van der Waals surface area contributed by atoms with Crippen LogP contribution < -0.4 is 10.5 Å². The van der Waals surface area contributed by atoms with Gasteiger partial charge in [0, 0.05) is 23.0 Å². The Kier molecular flexibility index (Phi) is 2.15. The van der Waals surface area contributed by atoms with Crippen LogP contribution in [0.15, 0.2) is 6.07 Å². The molecule has 1 aliphatic heterocycles. The highest BCUT2D eigenvalue weighted by Crippen LogP contribution is 2.42. The SMILES string of the molecule is N[C@@H]1CCCc2c3c(cc(Cl)c21)CCO3. The third-order valence-electron chi connectivity index (χ3n) is 3.38. The van der Waals surface area contributed by atoms with Crippen LogP contribution in [-0.2, 0) is 12.8 Å². The van der Waals surface area contributed by atoms with Crippen LogP contribution in [0, 0.1) is 0 Å². The maximum Gasteiger partial charge on any atom is 0.126 e. The summed E-state index contributed by atoms with van der Waals surface area (Å²) in [4.78, 5) is 0. The van der Waals surface area contributed by atoms with Crippen molar-refractivity contribution in [2.75, 3.05) is 6.61 Å². The van der Waals surface area contributed by atoms with E-state index in [0.717, 1.165) is 48.6 Å². The lowest BCUT2D eigenvalue weighted by molar-refractivity contribution is 0.350. The molecular formula is C12H14ClNO. The minimum Gasteiger partial charge on any atom is -0.493 e. The van der Waals surface area contributed by atoms with Gasteiger partial charge in [-0.25, -0.2) is 0 Å². The van der Waals surface area contributed by atoms with Crippen LogP contribution in [0.4, 0.5) is 0 Å². The first-order valence-corrected chi connectivity index (χ1v) is 5.87. The monoisotopic (exact) mass is 223 g/mol. The molecule has 3 heteroatoms. The smallest absolute Gasteiger partial charge is 0.126 e. The Morgan fingerprint density at radius 3 is 3.13 bits per heavy atom. The van der Waals surface area contributed by atoms with Crippen molar-refractivity contribution in [3.05, 3.63) is 27.8 Å². The first kappa shape index (κ1) is 9.49. The van der Waals surface area contributed by atoms with Crippen molar-refractivity contribution >= 4 is 11.6 Å². The van der Waals surface area contributed by atoms with Crippen LogP contribution in [-0.4, -0.2) is 6.61 Å². The van der Waals surface area contributed by atoms with E-state index in [4.69, 9.17) is 22.1 Å². The van der Waals surface area contributed by atoms with E-state index < -0.39 is 0 Å². The number of ether oxygens (including phenoxy) is 1. The normalized spacial score (nSPS) is 23.2. The summed E-state index contributed by atoms with van der Waals surface area (Å²) in [7, 11) is 0. The van der Waals surface area contributed by atoms with Gasteiger partial charge < -0.3 is 10.5 Å². The maximum absolute atomic E-state index is 6.29. The molecule has 2 N–H and O–H groups in total. The molecule has 15 heavy (non-hydrogen) atoms. The third-order valence-corrected chi connectivity index (χ3v) is 3.69. The van der Waals surface area contributed by atoms with Crippen molar-refractivity contribution in [2.45, 2.75) is 31.7 Å². The highest BCUT2D eigenvalue weighted by molar-refractivity contribution is 6.31. The first-order valence-electron chi connectivity index (χ1n) is 5.50. The Balaban J connectivity index is 2.24. The summed E-state index contributed by atoms with van der Waals surface area (Å²) in [5, 5.41) is 0.835. The zero-order valence-corrected chi connectivity index (χ0v) is 9.31. The number of rotatable bonds is 0. The molecule has 0 fully saturated rings. The molecule has 1 aliphatic carbocycles. The van der Waals surface area contributed by atoms with E-state index in [-0.39, 0.29) is 6.04 Å². The van der Waals surface area contributed by atoms with Gasteiger partial charge in [0.25, 0.3) is 0 Å².